The Morgan fingerprint density at radius 1 is 1.24 bits per heavy atom. The van der Waals surface area contributed by atoms with Crippen molar-refractivity contribution in [3.63, 3.8) is 0 Å². The number of carbonyl (C=O) groups is 2. The van der Waals surface area contributed by atoms with E-state index in [4.69, 9.17) is 5.73 Å². The normalized spacial score (nSPS) is 23.3. The van der Waals surface area contributed by atoms with Crippen molar-refractivity contribution in [2.45, 2.75) is 31.7 Å². The van der Waals surface area contributed by atoms with Gasteiger partial charge in [0.1, 0.15) is 6.04 Å². The van der Waals surface area contributed by atoms with Crippen LogP contribution >= 0.6 is 0 Å². The standard InChI is InChI=1S/C16H22N2O3/c17-14(11-6-2-1-3-7-11)15(19)18-10-12-8-4-5-9-13(12)16(20)21/h1-3,6-7,12-14H,4-5,8-10,17H2,(H,18,19)(H,20,21)/t12?,13?,14-/m1/s1. The molecule has 1 aromatic carbocycles. The lowest BCUT2D eigenvalue weighted by molar-refractivity contribution is -0.145. The molecule has 3 atom stereocenters. The number of carboxylic acids is 1. The minimum atomic E-state index is -0.763. The summed E-state index contributed by atoms with van der Waals surface area (Å²) >= 11 is 0. The molecule has 1 saturated carbocycles. The first-order valence-corrected chi connectivity index (χ1v) is 7.40. The van der Waals surface area contributed by atoms with Crippen molar-refractivity contribution < 1.29 is 14.7 Å². The highest BCUT2D eigenvalue weighted by Crippen LogP contribution is 2.29. The topological polar surface area (TPSA) is 92.4 Å². The van der Waals surface area contributed by atoms with Gasteiger partial charge in [0.05, 0.1) is 5.92 Å². The lowest BCUT2D eigenvalue weighted by Gasteiger charge is -2.29. The molecule has 0 radical (unpaired) electrons. The van der Waals surface area contributed by atoms with Gasteiger partial charge in [0.25, 0.3) is 0 Å². The molecule has 1 aromatic rings. The molecular weight excluding hydrogens is 268 g/mol. The van der Waals surface area contributed by atoms with Gasteiger partial charge in [0, 0.05) is 6.54 Å². The van der Waals surface area contributed by atoms with Gasteiger partial charge in [-0.15, -0.1) is 0 Å². The first kappa shape index (κ1) is 15.5. The molecule has 4 N–H and O–H groups in total. The molecule has 1 aliphatic rings. The van der Waals surface area contributed by atoms with Crippen molar-refractivity contribution >= 4 is 11.9 Å². The summed E-state index contributed by atoms with van der Waals surface area (Å²) in [6, 6.07) is 8.45. The maximum absolute atomic E-state index is 12.1. The molecule has 0 bridgehead atoms. The van der Waals surface area contributed by atoms with E-state index >= 15 is 0 Å². The van der Waals surface area contributed by atoms with E-state index in [0.29, 0.717) is 13.0 Å². The molecule has 0 spiro atoms. The maximum Gasteiger partial charge on any atom is 0.306 e. The van der Waals surface area contributed by atoms with Crippen LogP contribution in [0.1, 0.15) is 37.3 Å². The van der Waals surface area contributed by atoms with Gasteiger partial charge in [0.15, 0.2) is 0 Å². The van der Waals surface area contributed by atoms with E-state index in [2.05, 4.69) is 5.32 Å². The number of rotatable bonds is 5. The van der Waals surface area contributed by atoms with Gasteiger partial charge in [-0.05, 0) is 24.3 Å². The molecule has 1 aliphatic carbocycles. The van der Waals surface area contributed by atoms with Crippen LogP contribution in [0.3, 0.4) is 0 Å². The number of benzene rings is 1. The third-order valence-corrected chi connectivity index (χ3v) is 4.21. The Morgan fingerprint density at radius 3 is 2.57 bits per heavy atom. The number of hydrogen-bond acceptors (Lipinski definition) is 3. The van der Waals surface area contributed by atoms with Crippen LogP contribution < -0.4 is 11.1 Å². The van der Waals surface area contributed by atoms with Gasteiger partial charge in [-0.25, -0.2) is 0 Å². The number of amides is 1. The summed E-state index contributed by atoms with van der Waals surface area (Å²) in [7, 11) is 0. The third kappa shape index (κ3) is 4.04. The average Bonchev–Trinajstić information content (AvgIpc) is 2.52. The molecule has 21 heavy (non-hydrogen) atoms. The highest BCUT2D eigenvalue weighted by molar-refractivity contribution is 5.83. The maximum atomic E-state index is 12.1. The minimum Gasteiger partial charge on any atom is -0.481 e. The number of aliphatic carboxylic acids is 1. The predicted molar refractivity (Wildman–Crippen MR) is 79.5 cm³/mol. The van der Waals surface area contributed by atoms with E-state index in [1.807, 2.05) is 30.3 Å². The lowest BCUT2D eigenvalue weighted by atomic mass is 9.79. The van der Waals surface area contributed by atoms with Crippen LogP contribution in [0.2, 0.25) is 0 Å². The zero-order valence-electron chi connectivity index (χ0n) is 12.0. The third-order valence-electron chi connectivity index (χ3n) is 4.21. The van der Waals surface area contributed by atoms with E-state index in [0.717, 1.165) is 24.8 Å². The van der Waals surface area contributed by atoms with Crippen molar-refractivity contribution in [3.05, 3.63) is 35.9 Å². The van der Waals surface area contributed by atoms with E-state index in [-0.39, 0.29) is 17.7 Å². The minimum absolute atomic E-state index is 0.00294. The van der Waals surface area contributed by atoms with Crippen LogP contribution in [-0.2, 0) is 9.59 Å². The first-order chi connectivity index (χ1) is 10.1. The lowest BCUT2D eigenvalue weighted by Crippen LogP contribution is -2.40. The van der Waals surface area contributed by atoms with Crippen molar-refractivity contribution in [1.29, 1.82) is 0 Å². The molecule has 1 fully saturated rings. The number of nitrogens with two attached hydrogens (primary N) is 1. The molecule has 0 saturated heterocycles. The van der Waals surface area contributed by atoms with Crippen molar-refractivity contribution in [3.8, 4) is 0 Å². The summed E-state index contributed by atoms with van der Waals surface area (Å²) in [5, 5.41) is 12.0. The number of hydrogen-bond donors (Lipinski definition) is 3. The van der Waals surface area contributed by atoms with Gasteiger partial charge in [-0.3, -0.25) is 9.59 Å². The molecule has 0 aliphatic heterocycles. The molecule has 1 amide bonds. The van der Waals surface area contributed by atoms with Gasteiger partial charge < -0.3 is 16.2 Å². The van der Waals surface area contributed by atoms with Gasteiger partial charge >= 0.3 is 5.97 Å². The Balaban J connectivity index is 1.89. The number of nitrogens with one attached hydrogen (secondary N) is 1. The number of carboxylic acid groups (broad SMARTS) is 1. The predicted octanol–water partition coefficient (Wildman–Crippen LogP) is 1.69. The average molecular weight is 290 g/mol. The van der Waals surface area contributed by atoms with E-state index in [1.54, 1.807) is 0 Å². The van der Waals surface area contributed by atoms with Crippen LogP contribution in [0.25, 0.3) is 0 Å². The van der Waals surface area contributed by atoms with Crippen LogP contribution in [0, 0.1) is 11.8 Å². The van der Waals surface area contributed by atoms with Crippen molar-refractivity contribution in [1.82, 2.24) is 5.32 Å². The molecule has 0 heterocycles. The fourth-order valence-corrected chi connectivity index (χ4v) is 2.93. The number of carbonyl (C=O) groups excluding carboxylic acids is 1. The van der Waals surface area contributed by atoms with E-state index in [1.165, 1.54) is 0 Å². The summed E-state index contributed by atoms with van der Waals surface area (Å²) < 4.78 is 0. The molecule has 5 heteroatoms. The second-order valence-electron chi connectivity index (χ2n) is 5.62. The van der Waals surface area contributed by atoms with E-state index in [9.17, 15) is 14.7 Å². The molecule has 2 unspecified atom stereocenters. The smallest absolute Gasteiger partial charge is 0.306 e. The second kappa shape index (κ2) is 7.22. The fraction of sp³-hybridized carbons (Fsp3) is 0.500. The zero-order valence-corrected chi connectivity index (χ0v) is 12.0. The summed E-state index contributed by atoms with van der Waals surface area (Å²) in [6.07, 6.45) is 3.51. The Kier molecular flexibility index (Phi) is 5.33. The van der Waals surface area contributed by atoms with Crippen LogP contribution in [-0.4, -0.2) is 23.5 Å². The molecule has 5 nitrogen and oxygen atoms in total. The SMILES string of the molecule is N[C@@H](C(=O)NCC1CCCCC1C(=O)O)c1ccccc1. The molecule has 0 aromatic heterocycles. The molecular formula is C16H22N2O3. The van der Waals surface area contributed by atoms with Gasteiger partial charge in [0.2, 0.25) is 5.91 Å². The van der Waals surface area contributed by atoms with Crippen molar-refractivity contribution in [2.24, 2.45) is 17.6 Å². The highest BCUT2D eigenvalue weighted by atomic mass is 16.4. The Labute approximate surface area is 124 Å². The first-order valence-electron chi connectivity index (χ1n) is 7.40. The van der Waals surface area contributed by atoms with Gasteiger partial charge in [-0.1, -0.05) is 43.2 Å². The molecule has 2 rings (SSSR count). The Morgan fingerprint density at radius 2 is 1.90 bits per heavy atom. The van der Waals surface area contributed by atoms with Gasteiger partial charge in [-0.2, -0.15) is 0 Å². The Hall–Kier alpha value is -1.88. The zero-order chi connectivity index (χ0) is 15.2. The summed E-state index contributed by atoms with van der Waals surface area (Å²) in [6.45, 7) is 0.385. The fourth-order valence-electron chi connectivity index (χ4n) is 2.93. The van der Waals surface area contributed by atoms with E-state index < -0.39 is 12.0 Å². The molecule has 114 valence electrons. The largest absolute Gasteiger partial charge is 0.481 e. The van der Waals surface area contributed by atoms with Crippen LogP contribution in [0.15, 0.2) is 30.3 Å². The Bertz CT molecular complexity index is 490. The highest BCUT2D eigenvalue weighted by Gasteiger charge is 2.31. The summed E-state index contributed by atoms with van der Waals surface area (Å²) in [4.78, 5) is 23.3. The monoisotopic (exact) mass is 290 g/mol. The van der Waals surface area contributed by atoms with Crippen molar-refractivity contribution in [2.75, 3.05) is 6.54 Å². The quantitative estimate of drug-likeness (QED) is 0.769. The van der Waals surface area contributed by atoms with Crippen LogP contribution in [0.4, 0.5) is 0 Å². The summed E-state index contributed by atoms with van der Waals surface area (Å²) in [5.41, 5.74) is 6.68. The second-order valence-corrected chi connectivity index (χ2v) is 5.62. The van der Waals surface area contributed by atoms with Crippen LogP contribution in [0.5, 0.6) is 0 Å². The summed E-state index contributed by atoms with van der Waals surface area (Å²) in [5.74, 6) is -1.37.